The van der Waals surface area contributed by atoms with Gasteiger partial charge >= 0.3 is 7.60 Å². The molecule has 0 aliphatic carbocycles. The molecule has 1 amide bonds. The monoisotopic (exact) mass is 490 g/mol. The maximum atomic E-state index is 12.6. The lowest BCUT2D eigenvalue weighted by Gasteiger charge is -2.32. The molecule has 0 bridgehead atoms. The minimum atomic E-state index is -3.38. The Morgan fingerprint density at radius 3 is 2.47 bits per heavy atom. The second kappa shape index (κ2) is 10.6. The molecule has 0 N–H and O–H groups in total. The fraction of sp³-hybridized carbons (Fsp3) is 0.500. The summed E-state index contributed by atoms with van der Waals surface area (Å²) in [4.78, 5) is 19.1. The van der Waals surface area contributed by atoms with Gasteiger partial charge in [-0.3, -0.25) is 9.36 Å². The second-order valence-corrected chi connectivity index (χ2v) is 10.7. The number of halogens is 2. The van der Waals surface area contributed by atoms with Gasteiger partial charge in [0.25, 0.3) is 0 Å². The highest BCUT2D eigenvalue weighted by molar-refractivity contribution is 7.54. The molecule has 0 spiro atoms. The molecule has 164 valence electrons. The number of thiazole rings is 1. The highest BCUT2D eigenvalue weighted by Crippen LogP contribution is 2.48. The number of hydrogen-bond donors (Lipinski definition) is 0. The molecule has 1 aliphatic heterocycles. The van der Waals surface area contributed by atoms with E-state index in [-0.39, 0.29) is 25.3 Å². The first-order valence-electron chi connectivity index (χ1n) is 9.92. The van der Waals surface area contributed by atoms with Crippen LogP contribution in [-0.2, 0) is 18.4 Å². The number of aromatic nitrogens is 1. The van der Waals surface area contributed by atoms with Crippen LogP contribution in [0.15, 0.2) is 23.6 Å². The summed E-state index contributed by atoms with van der Waals surface area (Å²) in [5.74, 6) is 0.107. The molecule has 2 aromatic rings. The van der Waals surface area contributed by atoms with E-state index in [4.69, 9.17) is 37.2 Å². The van der Waals surface area contributed by atoms with Crippen LogP contribution in [0.5, 0.6) is 0 Å². The molecule has 1 saturated heterocycles. The third-order valence-electron chi connectivity index (χ3n) is 4.91. The molecular formula is C20H25Cl2N2O4PS. The molecule has 10 heteroatoms. The van der Waals surface area contributed by atoms with Gasteiger partial charge in [0.05, 0.1) is 34.0 Å². The van der Waals surface area contributed by atoms with E-state index >= 15 is 0 Å². The van der Waals surface area contributed by atoms with Gasteiger partial charge in [0.1, 0.15) is 6.16 Å². The Labute approximate surface area is 191 Å². The highest BCUT2D eigenvalue weighted by Gasteiger charge is 2.32. The summed E-state index contributed by atoms with van der Waals surface area (Å²) in [7, 11) is -3.38. The lowest BCUT2D eigenvalue weighted by Crippen LogP contribution is -2.39. The molecule has 0 radical (unpaired) electrons. The molecule has 0 unspecified atom stereocenters. The number of benzene rings is 1. The predicted octanol–water partition coefficient (Wildman–Crippen LogP) is 6.09. The minimum absolute atomic E-state index is 0.186. The topological polar surface area (TPSA) is 68.7 Å². The molecule has 0 saturated carbocycles. The SMILES string of the molecule is CCOP(=O)(CC(=O)N1CCC(c2nc(-c3ccc(Cl)c(Cl)c3)cs2)CC1)OCC. The summed E-state index contributed by atoms with van der Waals surface area (Å²) in [5, 5.41) is 4.10. The first-order chi connectivity index (χ1) is 14.3. The summed E-state index contributed by atoms with van der Waals surface area (Å²) >= 11 is 13.7. The largest absolute Gasteiger partial charge is 0.342 e. The smallest absolute Gasteiger partial charge is 0.340 e. The third-order valence-corrected chi connectivity index (χ3v) is 8.62. The zero-order valence-electron chi connectivity index (χ0n) is 17.0. The standard InChI is InChI=1S/C20H25Cl2N2O4PS/c1-3-27-29(26,28-4-2)12-19(25)24-9-7-14(8-10-24)20-23-18(13-30-20)15-5-6-16(21)17(22)11-15/h5-6,11,13-14H,3-4,7-10,12H2,1-2H3. The van der Waals surface area contributed by atoms with Gasteiger partial charge in [-0.1, -0.05) is 29.3 Å². The molecule has 0 atom stereocenters. The van der Waals surface area contributed by atoms with Gasteiger partial charge in [-0.2, -0.15) is 0 Å². The van der Waals surface area contributed by atoms with Crippen molar-refractivity contribution in [2.75, 3.05) is 32.5 Å². The summed E-state index contributed by atoms with van der Waals surface area (Å²) in [5.41, 5.74) is 1.81. The van der Waals surface area contributed by atoms with Crippen LogP contribution in [0.2, 0.25) is 10.0 Å². The number of carbonyl (C=O) groups excluding carboxylic acids is 1. The van der Waals surface area contributed by atoms with E-state index in [1.54, 1.807) is 36.2 Å². The van der Waals surface area contributed by atoms with E-state index in [0.717, 1.165) is 29.1 Å². The van der Waals surface area contributed by atoms with E-state index in [9.17, 15) is 9.36 Å². The second-order valence-electron chi connectivity index (χ2n) is 6.96. The Kier molecular flexibility index (Phi) is 8.36. The van der Waals surface area contributed by atoms with Gasteiger partial charge in [-0.15, -0.1) is 11.3 Å². The van der Waals surface area contributed by atoms with Gasteiger partial charge in [-0.25, -0.2) is 4.98 Å². The van der Waals surface area contributed by atoms with Crippen LogP contribution in [0.25, 0.3) is 11.3 Å². The van der Waals surface area contributed by atoms with Crippen molar-refractivity contribution < 1.29 is 18.4 Å². The normalized spacial score (nSPS) is 15.5. The fourth-order valence-corrected chi connectivity index (χ4v) is 6.30. The molecule has 3 rings (SSSR count). The van der Waals surface area contributed by atoms with Crippen LogP contribution in [-0.4, -0.2) is 48.3 Å². The first kappa shape index (κ1) is 23.7. The molecule has 30 heavy (non-hydrogen) atoms. The van der Waals surface area contributed by atoms with Crippen LogP contribution in [0.1, 0.15) is 37.6 Å². The van der Waals surface area contributed by atoms with Crippen molar-refractivity contribution in [1.82, 2.24) is 9.88 Å². The summed E-state index contributed by atoms with van der Waals surface area (Å²) in [6.45, 7) is 5.17. The number of carbonyl (C=O) groups is 1. The Balaban J connectivity index is 1.59. The molecular weight excluding hydrogens is 466 g/mol. The van der Waals surface area contributed by atoms with Crippen molar-refractivity contribution in [1.29, 1.82) is 0 Å². The zero-order valence-corrected chi connectivity index (χ0v) is 20.2. The van der Waals surface area contributed by atoms with Crippen LogP contribution in [0, 0.1) is 0 Å². The number of hydrogen-bond acceptors (Lipinski definition) is 6. The molecule has 1 fully saturated rings. The molecule has 1 aromatic carbocycles. The van der Waals surface area contributed by atoms with Crippen molar-refractivity contribution in [2.24, 2.45) is 0 Å². The van der Waals surface area contributed by atoms with Crippen LogP contribution < -0.4 is 0 Å². The molecule has 2 heterocycles. The van der Waals surface area contributed by atoms with E-state index in [0.29, 0.717) is 29.1 Å². The zero-order chi connectivity index (χ0) is 21.7. The Bertz CT molecular complexity index is 921. The van der Waals surface area contributed by atoms with Crippen molar-refractivity contribution >= 4 is 48.0 Å². The number of nitrogens with zero attached hydrogens (tertiary/aromatic N) is 2. The van der Waals surface area contributed by atoms with Crippen LogP contribution in [0.3, 0.4) is 0 Å². The number of rotatable bonds is 8. The average molecular weight is 491 g/mol. The van der Waals surface area contributed by atoms with Gasteiger partial charge in [0, 0.05) is 30.0 Å². The maximum Gasteiger partial charge on any atom is 0.340 e. The van der Waals surface area contributed by atoms with E-state index < -0.39 is 7.60 Å². The van der Waals surface area contributed by atoms with Crippen molar-refractivity contribution in [2.45, 2.75) is 32.6 Å². The van der Waals surface area contributed by atoms with Gasteiger partial charge < -0.3 is 13.9 Å². The molecule has 6 nitrogen and oxygen atoms in total. The quantitative estimate of drug-likeness (QED) is 0.418. The summed E-state index contributed by atoms with van der Waals surface area (Å²) in [6, 6.07) is 5.49. The lowest BCUT2D eigenvalue weighted by atomic mass is 9.97. The lowest BCUT2D eigenvalue weighted by molar-refractivity contribution is -0.129. The van der Waals surface area contributed by atoms with Gasteiger partial charge in [0.2, 0.25) is 5.91 Å². The fourth-order valence-electron chi connectivity index (χ4n) is 3.43. The summed E-state index contributed by atoms with van der Waals surface area (Å²) in [6.07, 6.45) is 1.42. The van der Waals surface area contributed by atoms with Crippen LogP contribution in [0.4, 0.5) is 0 Å². The Morgan fingerprint density at radius 2 is 1.87 bits per heavy atom. The van der Waals surface area contributed by atoms with Gasteiger partial charge in [0.15, 0.2) is 0 Å². The minimum Gasteiger partial charge on any atom is -0.342 e. The Morgan fingerprint density at radius 1 is 1.20 bits per heavy atom. The number of piperidine rings is 1. The third kappa shape index (κ3) is 5.84. The summed E-state index contributed by atoms with van der Waals surface area (Å²) < 4.78 is 23.1. The Hall–Kier alpha value is -0.950. The first-order valence-corrected chi connectivity index (χ1v) is 13.3. The van der Waals surface area contributed by atoms with E-state index in [1.807, 2.05) is 17.5 Å². The van der Waals surface area contributed by atoms with E-state index in [2.05, 4.69) is 0 Å². The molecule has 1 aromatic heterocycles. The average Bonchev–Trinajstić information content (AvgIpc) is 3.20. The maximum absolute atomic E-state index is 12.6. The highest BCUT2D eigenvalue weighted by atomic mass is 35.5. The number of likely N-dealkylation sites (tertiary alicyclic amines) is 1. The van der Waals surface area contributed by atoms with Crippen molar-refractivity contribution in [3.8, 4) is 11.3 Å². The molecule has 1 aliphatic rings. The van der Waals surface area contributed by atoms with Crippen molar-refractivity contribution in [3.05, 3.63) is 38.6 Å². The predicted molar refractivity (Wildman–Crippen MR) is 122 cm³/mol. The number of amides is 1. The van der Waals surface area contributed by atoms with E-state index in [1.165, 1.54) is 0 Å². The van der Waals surface area contributed by atoms with Gasteiger partial charge in [-0.05, 0) is 38.8 Å². The van der Waals surface area contributed by atoms with Crippen molar-refractivity contribution in [3.63, 3.8) is 0 Å². The van der Waals surface area contributed by atoms with Crippen LogP contribution >= 0.6 is 42.1 Å².